The molecule has 1 heterocycles. The van der Waals surface area contributed by atoms with Crippen molar-refractivity contribution >= 4 is 17.6 Å². The van der Waals surface area contributed by atoms with Crippen molar-refractivity contribution in [3.63, 3.8) is 0 Å². The van der Waals surface area contributed by atoms with Crippen LogP contribution in [-0.4, -0.2) is 30.6 Å². The van der Waals surface area contributed by atoms with Crippen molar-refractivity contribution in [1.29, 1.82) is 5.26 Å². The number of esters is 1. The summed E-state index contributed by atoms with van der Waals surface area (Å²) in [6, 6.07) is 16.6. The van der Waals surface area contributed by atoms with Gasteiger partial charge in [0.2, 0.25) is 0 Å². The average molecular weight is 374 g/mol. The minimum Gasteiger partial charge on any atom is -0.464 e. The van der Waals surface area contributed by atoms with Crippen LogP contribution in [0.5, 0.6) is 0 Å². The van der Waals surface area contributed by atoms with Gasteiger partial charge in [0, 0.05) is 24.5 Å². The Bertz CT molecular complexity index is 1090. The van der Waals surface area contributed by atoms with Gasteiger partial charge in [0.15, 0.2) is 5.69 Å². The number of nitrogens with zero attached hydrogens (tertiary/aromatic N) is 2. The van der Waals surface area contributed by atoms with E-state index in [-0.39, 0.29) is 22.9 Å². The number of carbonyl (C=O) groups is 2. The Labute approximate surface area is 162 Å². The lowest BCUT2D eigenvalue weighted by atomic mass is 10.0. The van der Waals surface area contributed by atoms with E-state index in [1.165, 1.54) is 17.9 Å². The topological polar surface area (TPSA) is 110 Å². The van der Waals surface area contributed by atoms with Gasteiger partial charge in [-0.25, -0.2) is 4.79 Å². The number of methoxy groups -OCH3 is 1. The molecule has 1 amide bonds. The normalized spacial score (nSPS) is 10.2. The van der Waals surface area contributed by atoms with E-state index >= 15 is 0 Å². The predicted octanol–water partition coefficient (Wildman–Crippen LogP) is 2.74. The molecule has 0 fully saturated rings. The summed E-state index contributed by atoms with van der Waals surface area (Å²) in [5.74, 6) is -0.783. The number of benzene rings is 2. The lowest BCUT2D eigenvalue weighted by Gasteiger charge is -2.10. The number of nitrogens with one attached hydrogen (secondary N) is 1. The monoisotopic (exact) mass is 374 g/mol. The van der Waals surface area contributed by atoms with E-state index in [0.717, 1.165) is 11.1 Å². The Balaban J connectivity index is 2.02. The molecule has 0 radical (unpaired) electrons. The summed E-state index contributed by atoms with van der Waals surface area (Å²) in [7, 11) is 2.84. The number of hydrogen-bond acceptors (Lipinski definition) is 5. The SMILES string of the molecule is CNC(=O)c1cccc(-c2ccc(-n3cc(C#N)c(N)c3C(=O)OC)cc2)c1. The van der Waals surface area contributed by atoms with Gasteiger partial charge in [0.05, 0.1) is 18.4 Å². The minimum absolute atomic E-state index is 0.0803. The van der Waals surface area contributed by atoms with Gasteiger partial charge in [-0.05, 0) is 35.4 Å². The minimum atomic E-state index is -0.624. The third kappa shape index (κ3) is 3.31. The summed E-state index contributed by atoms with van der Waals surface area (Å²) >= 11 is 0. The van der Waals surface area contributed by atoms with E-state index in [1.807, 2.05) is 30.3 Å². The first-order valence-corrected chi connectivity index (χ1v) is 8.42. The Morgan fingerprint density at radius 3 is 2.46 bits per heavy atom. The lowest BCUT2D eigenvalue weighted by molar-refractivity contribution is 0.0593. The van der Waals surface area contributed by atoms with Crippen LogP contribution in [0.3, 0.4) is 0 Å². The van der Waals surface area contributed by atoms with Gasteiger partial charge in [0.1, 0.15) is 6.07 Å². The molecule has 7 nitrogen and oxygen atoms in total. The quantitative estimate of drug-likeness (QED) is 0.682. The molecular weight excluding hydrogens is 356 g/mol. The molecule has 0 unspecified atom stereocenters. The van der Waals surface area contributed by atoms with E-state index in [4.69, 9.17) is 10.5 Å². The number of nitrogen functional groups attached to an aromatic ring is 1. The number of ether oxygens (including phenoxy) is 1. The molecule has 0 bridgehead atoms. The summed E-state index contributed by atoms with van der Waals surface area (Å²) < 4.78 is 6.32. The molecule has 0 atom stereocenters. The highest BCUT2D eigenvalue weighted by Gasteiger charge is 2.21. The third-order valence-electron chi connectivity index (χ3n) is 4.37. The summed E-state index contributed by atoms with van der Waals surface area (Å²) in [5, 5.41) is 11.8. The van der Waals surface area contributed by atoms with E-state index < -0.39 is 5.97 Å². The van der Waals surface area contributed by atoms with Gasteiger partial charge in [-0.3, -0.25) is 4.79 Å². The van der Waals surface area contributed by atoms with Gasteiger partial charge in [-0.1, -0.05) is 24.3 Å². The molecule has 3 N–H and O–H groups in total. The summed E-state index contributed by atoms with van der Waals surface area (Å²) in [5.41, 5.74) is 9.30. The van der Waals surface area contributed by atoms with Gasteiger partial charge in [-0.15, -0.1) is 0 Å². The van der Waals surface area contributed by atoms with E-state index in [1.54, 1.807) is 31.3 Å². The molecule has 1 aromatic heterocycles. The molecule has 3 rings (SSSR count). The summed E-state index contributed by atoms with van der Waals surface area (Å²) in [6.07, 6.45) is 1.50. The zero-order valence-electron chi connectivity index (χ0n) is 15.4. The van der Waals surface area contributed by atoms with Crippen molar-refractivity contribution < 1.29 is 14.3 Å². The number of aromatic nitrogens is 1. The van der Waals surface area contributed by atoms with E-state index in [9.17, 15) is 14.9 Å². The molecule has 140 valence electrons. The van der Waals surface area contributed by atoms with E-state index in [2.05, 4.69) is 5.32 Å². The number of hydrogen-bond donors (Lipinski definition) is 2. The first-order valence-electron chi connectivity index (χ1n) is 8.42. The van der Waals surface area contributed by atoms with Crippen molar-refractivity contribution in [2.24, 2.45) is 0 Å². The Morgan fingerprint density at radius 2 is 1.86 bits per heavy atom. The van der Waals surface area contributed by atoms with Crippen molar-refractivity contribution in [2.45, 2.75) is 0 Å². The number of nitriles is 1. The molecule has 28 heavy (non-hydrogen) atoms. The van der Waals surface area contributed by atoms with Gasteiger partial charge >= 0.3 is 5.97 Å². The van der Waals surface area contributed by atoms with Crippen LogP contribution in [0.4, 0.5) is 5.69 Å². The molecule has 0 saturated carbocycles. The Morgan fingerprint density at radius 1 is 1.14 bits per heavy atom. The zero-order valence-corrected chi connectivity index (χ0v) is 15.4. The number of nitrogens with two attached hydrogens (primary N) is 1. The maximum Gasteiger partial charge on any atom is 0.357 e. The van der Waals surface area contributed by atoms with Crippen LogP contribution in [0.2, 0.25) is 0 Å². The highest BCUT2D eigenvalue weighted by Crippen LogP contribution is 2.27. The molecule has 0 aliphatic heterocycles. The largest absolute Gasteiger partial charge is 0.464 e. The van der Waals surface area contributed by atoms with Gasteiger partial charge in [0.25, 0.3) is 5.91 Å². The maximum atomic E-state index is 12.1. The fraction of sp³-hybridized carbons (Fsp3) is 0.0952. The average Bonchev–Trinajstić information content (AvgIpc) is 3.09. The fourth-order valence-electron chi connectivity index (χ4n) is 2.92. The van der Waals surface area contributed by atoms with Crippen LogP contribution in [0.25, 0.3) is 16.8 Å². The highest BCUT2D eigenvalue weighted by molar-refractivity contribution is 5.96. The first-order chi connectivity index (χ1) is 13.5. The third-order valence-corrected chi connectivity index (χ3v) is 4.37. The second kappa shape index (κ2) is 7.68. The van der Waals surface area contributed by atoms with Crippen LogP contribution in [0, 0.1) is 11.3 Å². The van der Waals surface area contributed by atoms with Gasteiger partial charge < -0.3 is 20.4 Å². The van der Waals surface area contributed by atoms with Crippen LogP contribution < -0.4 is 11.1 Å². The smallest absolute Gasteiger partial charge is 0.357 e. The Kier molecular flexibility index (Phi) is 5.14. The Hall–Kier alpha value is -4.05. The van der Waals surface area contributed by atoms with Crippen molar-refractivity contribution in [1.82, 2.24) is 9.88 Å². The van der Waals surface area contributed by atoms with Crippen LogP contribution in [0.1, 0.15) is 26.4 Å². The second-order valence-electron chi connectivity index (χ2n) is 5.99. The van der Waals surface area contributed by atoms with Crippen molar-refractivity contribution in [2.75, 3.05) is 19.9 Å². The second-order valence-corrected chi connectivity index (χ2v) is 5.99. The highest BCUT2D eigenvalue weighted by atomic mass is 16.5. The fourth-order valence-corrected chi connectivity index (χ4v) is 2.92. The van der Waals surface area contributed by atoms with Crippen molar-refractivity contribution in [3.8, 4) is 22.9 Å². The van der Waals surface area contributed by atoms with Crippen LogP contribution in [0.15, 0.2) is 54.7 Å². The number of rotatable bonds is 4. The number of anilines is 1. The number of carbonyl (C=O) groups excluding carboxylic acids is 2. The van der Waals surface area contributed by atoms with Crippen LogP contribution >= 0.6 is 0 Å². The summed E-state index contributed by atoms with van der Waals surface area (Å²) in [6.45, 7) is 0. The van der Waals surface area contributed by atoms with Crippen LogP contribution in [-0.2, 0) is 4.74 Å². The standard InChI is InChI=1S/C21H18N4O3/c1-24-20(26)15-5-3-4-14(10-15)13-6-8-17(9-7-13)25-12-16(11-22)18(23)19(25)21(27)28-2/h3-10,12H,23H2,1-2H3,(H,24,26). The first kappa shape index (κ1) is 18.7. The molecule has 0 aliphatic rings. The molecular formula is C21H18N4O3. The molecule has 0 aliphatic carbocycles. The molecule has 7 heteroatoms. The molecule has 2 aromatic carbocycles. The van der Waals surface area contributed by atoms with Gasteiger partial charge in [-0.2, -0.15) is 5.26 Å². The molecule has 0 spiro atoms. The van der Waals surface area contributed by atoms with E-state index in [0.29, 0.717) is 11.3 Å². The maximum absolute atomic E-state index is 12.1. The van der Waals surface area contributed by atoms with Crippen molar-refractivity contribution in [3.05, 3.63) is 71.5 Å². The molecule has 0 saturated heterocycles. The number of amides is 1. The lowest BCUT2D eigenvalue weighted by Crippen LogP contribution is -2.17. The summed E-state index contributed by atoms with van der Waals surface area (Å²) in [4.78, 5) is 23.9. The predicted molar refractivity (Wildman–Crippen MR) is 105 cm³/mol. The zero-order chi connectivity index (χ0) is 20.3. The molecule has 3 aromatic rings.